The summed E-state index contributed by atoms with van der Waals surface area (Å²) in [4.78, 5) is 0. The van der Waals surface area contributed by atoms with Gasteiger partial charge in [0, 0.05) is 0 Å². The van der Waals surface area contributed by atoms with Crippen LogP contribution in [0.3, 0.4) is 0 Å². The molecule has 1 aromatic rings. The van der Waals surface area contributed by atoms with Crippen molar-refractivity contribution in [2.75, 3.05) is 18.1 Å². The number of para-hydroxylation sites is 2. The standard InChI is InChI=1S/C13H18O5S/c1-2-7-17-11-5-3-4-6-12(11)18-13-9-19(15,16)8-10(13)14/h3-6,10,13-14H,2,7-9H2,1H3. The van der Waals surface area contributed by atoms with Gasteiger partial charge in [-0.3, -0.25) is 0 Å². The van der Waals surface area contributed by atoms with E-state index < -0.39 is 22.0 Å². The highest BCUT2D eigenvalue weighted by atomic mass is 32.2. The van der Waals surface area contributed by atoms with E-state index in [-0.39, 0.29) is 11.5 Å². The zero-order valence-corrected chi connectivity index (χ0v) is 11.6. The summed E-state index contributed by atoms with van der Waals surface area (Å²) >= 11 is 0. The van der Waals surface area contributed by atoms with Gasteiger partial charge in [-0.25, -0.2) is 8.42 Å². The van der Waals surface area contributed by atoms with Crippen LogP contribution in [-0.4, -0.2) is 43.8 Å². The molecule has 0 bridgehead atoms. The van der Waals surface area contributed by atoms with Gasteiger partial charge in [-0.15, -0.1) is 0 Å². The zero-order chi connectivity index (χ0) is 13.9. The topological polar surface area (TPSA) is 72.8 Å². The van der Waals surface area contributed by atoms with E-state index in [1.165, 1.54) is 0 Å². The van der Waals surface area contributed by atoms with Crippen molar-refractivity contribution in [2.45, 2.75) is 25.6 Å². The Kier molecular flexibility index (Phi) is 4.31. The molecule has 0 radical (unpaired) electrons. The average molecular weight is 286 g/mol. The molecule has 1 heterocycles. The van der Waals surface area contributed by atoms with Crippen LogP contribution in [0.25, 0.3) is 0 Å². The molecule has 1 fully saturated rings. The van der Waals surface area contributed by atoms with E-state index in [1.807, 2.05) is 13.0 Å². The minimum absolute atomic E-state index is 0.156. The number of ether oxygens (including phenoxy) is 2. The van der Waals surface area contributed by atoms with Gasteiger partial charge in [0.2, 0.25) is 0 Å². The van der Waals surface area contributed by atoms with Gasteiger partial charge in [0.25, 0.3) is 0 Å². The summed E-state index contributed by atoms with van der Waals surface area (Å²) in [5, 5.41) is 9.71. The van der Waals surface area contributed by atoms with Gasteiger partial charge in [0.05, 0.1) is 18.1 Å². The molecule has 1 aliphatic heterocycles. The lowest BCUT2D eigenvalue weighted by molar-refractivity contribution is 0.0712. The lowest BCUT2D eigenvalue weighted by Crippen LogP contribution is -2.29. The third kappa shape index (κ3) is 3.61. The first kappa shape index (κ1) is 14.1. The van der Waals surface area contributed by atoms with Gasteiger partial charge in [0.15, 0.2) is 21.3 Å². The van der Waals surface area contributed by atoms with E-state index >= 15 is 0 Å². The quantitative estimate of drug-likeness (QED) is 0.874. The molecule has 106 valence electrons. The van der Waals surface area contributed by atoms with Crippen molar-refractivity contribution in [1.29, 1.82) is 0 Å². The van der Waals surface area contributed by atoms with Crippen molar-refractivity contribution >= 4 is 9.84 Å². The predicted octanol–water partition coefficient (Wildman–Crippen LogP) is 1.01. The van der Waals surface area contributed by atoms with Crippen LogP contribution in [0, 0.1) is 0 Å². The number of aliphatic hydroxyl groups is 1. The molecular formula is C13H18O5S. The second kappa shape index (κ2) is 5.79. The molecule has 2 atom stereocenters. The number of rotatable bonds is 5. The molecule has 1 aromatic carbocycles. The Morgan fingerprint density at radius 3 is 2.53 bits per heavy atom. The highest BCUT2D eigenvalue weighted by Crippen LogP contribution is 2.29. The van der Waals surface area contributed by atoms with Crippen LogP contribution in [0.4, 0.5) is 0 Å². The van der Waals surface area contributed by atoms with E-state index in [9.17, 15) is 13.5 Å². The molecule has 2 rings (SSSR count). The van der Waals surface area contributed by atoms with Gasteiger partial charge in [-0.1, -0.05) is 19.1 Å². The molecule has 0 saturated carbocycles. The molecule has 2 unspecified atom stereocenters. The lowest BCUT2D eigenvalue weighted by atomic mass is 10.2. The Morgan fingerprint density at radius 1 is 1.26 bits per heavy atom. The number of sulfone groups is 1. The van der Waals surface area contributed by atoms with Crippen molar-refractivity contribution in [3.8, 4) is 11.5 Å². The van der Waals surface area contributed by atoms with Crippen LogP contribution < -0.4 is 9.47 Å². The molecule has 0 spiro atoms. The Hall–Kier alpha value is -1.27. The number of hydrogen-bond acceptors (Lipinski definition) is 5. The fourth-order valence-electron chi connectivity index (χ4n) is 1.95. The molecule has 0 amide bonds. The number of benzene rings is 1. The summed E-state index contributed by atoms with van der Waals surface area (Å²) in [6, 6.07) is 7.08. The minimum atomic E-state index is -3.21. The summed E-state index contributed by atoms with van der Waals surface area (Å²) in [5.41, 5.74) is 0. The Labute approximate surface area is 113 Å². The van der Waals surface area contributed by atoms with Crippen LogP contribution in [0.5, 0.6) is 11.5 Å². The van der Waals surface area contributed by atoms with Crippen molar-refractivity contribution in [3.05, 3.63) is 24.3 Å². The summed E-state index contributed by atoms with van der Waals surface area (Å²) in [5.74, 6) is 0.643. The molecule has 19 heavy (non-hydrogen) atoms. The number of hydrogen-bond donors (Lipinski definition) is 1. The molecule has 0 aliphatic carbocycles. The first-order valence-corrected chi connectivity index (χ1v) is 8.11. The molecular weight excluding hydrogens is 268 g/mol. The van der Waals surface area contributed by atoms with E-state index in [0.717, 1.165) is 6.42 Å². The maximum atomic E-state index is 11.4. The first-order valence-electron chi connectivity index (χ1n) is 6.29. The maximum absolute atomic E-state index is 11.4. The number of aliphatic hydroxyl groups excluding tert-OH is 1. The Morgan fingerprint density at radius 2 is 1.95 bits per heavy atom. The smallest absolute Gasteiger partial charge is 0.161 e. The van der Waals surface area contributed by atoms with E-state index in [2.05, 4.69) is 0 Å². The van der Waals surface area contributed by atoms with Gasteiger partial charge < -0.3 is 14.6 Å². The summed E-state index contributed by atoms with van der Waals surface area (Å²) in [7, 11) is -3.21. The van der Waals surface area contributed by atoms with Crippen LogP contribution in [0.2, 0.25) is 0 Å². The predicted molar refractivity (Wildman–Crippen MR) is 71.3 cm³/mol. The largest absolute Gasteiger partial charge is 0.490 e. The third-order valence-electron chi connectivity index (χ3n) is 2.86. The van der Waals surface area contributed by atoms with Crippen LogP contribution in [0.15, 0.2) is 24.3 Å². The highest BCUT2D eigenvalue weighted by molar-refractivity contribution is 7.91. The molecule has 0 aromatic heterocycles. The van der Waals surface area contributed by atoms with E-state index in [4.69, 9.17) is 9.47 Å². The Bertz CT molecular complexity index is 526. The zero-order valence-electron chi connectivity index (χ0n) is 10.8. The SMILES string of the molecule is CCCOc1ccccc1OC1CS(=O)(=O)CC1O. The van der Waals surface area contributed by atoms with Crippen molar-refractivity contribution in [2.24, 2.45) is 0 Å². The van der Waals surface area contributed by atoms with Crippen LogP contribution >= 0.6 is 0 Å². The monoisotopic (exact) mass is 286 g/mol. The minimum Gasteiger partial charge on any atom is -0.490 e. The second-order valence-electron chi connectivity index (χ2n) is 4.60. The van der Waals surface area contributed by atoms with Crippen molar-refractivity contribution in [1.82, 2.24) is 0 Å². The Balaban J connectivity index is 2.11. The van der Waals surface area contributed by atoms with E-state index in [0.29, 0.717) is 18.1 Å². The molecule has 6 heteroatoms. The maximum Gasteiger partial charge on any atom is 0.161 e. The van der Waals surface area contributed by atoms with Gasteiger partial charge in [-0.2, -0.15) is 0 Å². The van der Waals surface area contributed by atoms with Crippen LogP contribution in [0.1, 0.15) is 13.3 Å². The summed E-state index contributed by atoms with van der Waals surface area (Å²) in [6.07, 6.45) is -0.838. The molecule has 1 N–H and O–H groups in total. The van der Waals surface area contributed by atoms with Crippen molar-refractivity contribution in [3.63, 3.8) is 0 Å². The van der Waals surface area contributed by atoms with Gasteiger partial charge in [-0.05, 0) is 18.6 Å². The average Bonchev–Trinajstić information content (AvgIpc) is 2.61. The summed E-state index contributed by atoms with van der Waals surface area (Å²) < 4.78 is 34.0. The second-order valence-corrected chi connectivity index (χ2v) is 6.75. The highest BCUT2D eigenvalue weighted by Gasteiger charge is 2.38. The van der Waals surface area contributed by atoms with Crippen molar-refractivity contribution < 1.29 is 23.0 Å². The van der Waals surface area contributed by atoms with E-state index in [1.54, 1.807) is 18.2 Å². The van der Waals surface area contributed by atoms with Crippen LogP contribution in [-0.2, 0) is 9.84 Å². The molecule has 5 nitrogen and oxygen atoms in total. The van der Waals surface area contributed by atoms with Gasteiger partial charge >= 0.3 is 0 Å². The molecule has 1 saturated heterocycles. The van der Waals surface area contributed by atoms with Gasteiger partial charge in [0.1, 0.15) is 12.2 Å². The fourth-order valence-corrected chi connectivity index (χ4v) is 3.61. The molecule has 1 aliphatic rings. The summed E-state index contributed by atoms with van der Waals surface area (Å²) in [6.45, 7) is 2.56. The first-order chi connectivity index (χ1) is 9.02. The lowest BCUT2D eigenvalue weighted by Gasteiger charge is -2.18. The normalized spacial score (nSPS) is 25.2. The fraction of sp³-hybridized carbons (Fsp3) is 0.538. The third-order valence-corrected chi connectivity index (χ3v) is 4.55.